The maximum absolute atomic E-state index is 14.8. The lowest BCUT2D eigenvalue weighted by Crippen LogP contribution is -2.39. The summed E-state index contributed by atoms with van der Waals surface area (Å²) in [7, 11) is 0. The number of aliphatic carboxylic acids is 1. The molecule has 0 spiro atoms. The molecule has 0 amide bonds. The Balaban J connectivity index is 1.74. The molecule has 29 heavy (non-hydrogen) atoms. The molecule has 5 nitrogen and oxygen atoms in total. The van der Waals surface area contributed by atoms with Crippen molar-refractivity contribution in [1.29, 1.82) is 0 Å². The van der Waals surface area contributed by atoms with Crippen molar-refractivity contribution in [2.75, 3.05) is 0 Å². The Morgan fingerprint density at radius 3 is 2.83 bits per heavy atom. The predicted molar refractivity (Wildman–Crippen MR) is 112 cm³/mol. The van der Waals surface area contributed by atoms with E-state index in [1.807, 2.05) is 0 Å². The maximum Gasteiger partial charge on any atom is 0.320 e. The van der Waals surface area contributed by atoms with Crippen molar-refractivity contribution >= 4 is 50.7 Å². The summed E-state index contributed by atoms with van der Waals surface area (Å²) >= 11 is 4.25. The van der Waals surface area contributed by atoms with Crippen LogP contribution in [0, 0.1) is 11.7 Å². The molecule has 3 atom stereocenters. The largest absolute Gasteiger partial charge is 0.480 e. The molecule has 9 heteroatoms. The van der Waals surface area contributed by atoms with Gasteiger partial charge in [0.15, 0.2) is 5.17 Å². The number of hydrogen-bond donors (Lipinski definition) is 2. The van der Waals surface area contributed by atoms with Crippen molar-refractivity contribution in [3.63, 3.8) is 0 Å². The lowest BCUT2D eigenvalue weighted by Gasteiger charge is -2.33. The summed E-state index contributed by atoms with van der Waals surface area (Å²) in [5.74, 6) is -2.51. The third kappa shape index (κ3) is 3.36. The molecule has 1 aromatic heterocycles. The minimum atomic E-state index is -1.14. The molecule has 4 rings (SSSR count). The van der Waals surface area contributed by atoms with Crippen LogP contribution in [0.1, 0.15) is 30.2 Å². The highest BCUT2D eigenvalue weighted by atomic mass is 79.9. The van der Waals surface area contributed by atoms with E-state index < -0.39 is 33.8 Å². The van der Waals surface area contributed by atoms with Gasteiger partial charge in [0.25, 0.3) is 0 Å². The summed E-state index contributed by atoms with van der Waals surface area (Å²) in [5.41, 5.74) is 5.50. The van der Waals surface area contributed by atoms with Gasteiger partial charge in [-0.1, -0.05) is 17.8 Å². The van der Waals surface area contributed by atoms with Crippen molar-refractivity contribution in [3.05, 3.63) is 63.6 Å². The molecule has 1 aromatic carbocycles. The highest BCUT2D eigenvalue weighted by Gasteiger charge is 2.71. The molecule has 3 unspecified atom stereocenters. The van der Waals surface area contributed by atoms with Gasteiger partial charge in [0.05, 0.1) is 11.2 Å². The fraction of sp³-hybridized carbons (Fsp3) is 0.250. The summed E-state index contributed by atoms with van der Waals surface area (Å²) in [6, 6.07) is 7.36. The molecule has 1 aliphatic carbocycles. The van der Waals surface area contributed by atoms with Crippen LogP contribution in [0.2, 0.25) is 0 Å². The number of halogens is 3. The molecular weight excluding hydrogens is 464 g/mol. The molecular formula is C20H16BrF2N3O2S. The zero-order valence-electron chi connectivity index (χ0n) is 15.2. The van der Waals surface area contributed by atoms with Gasteiger partial charge in [-0.15, -0.1) is 0 Å². The van der Waals surface area contributed by atoms with Crippen LogP contribution in [-0.2, 0) is 10.3 Å². The Hall–Kier alpha value is -2.26. The average Bonchev–Trinajstić information content (AvgIpc) is 3.40. The topological polar surface area (TPSA) is 88.6 Å². The normalized spacial score (nSPS) is 28.5. The van der Waals surface area contributed by atoms with E-state index in [1.54, 1.807) is 13.0 Å². The standard InChI is InChI=1S/C20H16BrF2N3O2S/c1-19(16-8-20(16,17(27)28)29-18(24)26-19)12-6-10(2-4-13(12)22)7-14(23)15-5-3-11(21)9-25-15/h2-7,9,16H,8H2,1H3,(H2,24,26)(H,27,28)/b14-7-. The number of nitrogens with two attached hydrogens (primary N) is 1. The molecule has 0 bridgehead atoms. The van der Waals surface area contributed by atoms with E-state index in [0.717, 1.165) is 16.2 Å². The number of fused-ring (bicyclic) bond motifs is 1. The maximum atomic E-state index is 14.8. The third-order valence-corrected chi connectivity index (χ3v) is 7.14. The van der Waals surface area contributed by atoms with Crippen LogP contribution in [0.4, 0.5) is 8.78 Å². The number of benzene rings is 1. The minimum absolute atomic E-state index is 0.106. The average molecular weight is 480 g/mol. The highest BCUT2D eigenvalue weighted by Crippen LogP contribution is 2.66. The number of amidine groups is 1. The Kier molecular flexibility index (Phi) is 4.77. The van der Waals surface area contributed by atoms with Gasteiger partial charge in [-0.2, -0.15) is 0 Å². The number of aromatic nitrogens is 1. The molecule has 3 N–H and O–H groups in total. The third-order valence-electron chi connectivity index (χ3n) is 5.38. The van der Waals surface area contributed by atoms with Crippen molar-refractivity contribution in [2.24, 2.45) is 16.6 Å². The SMILES string of the molecule is CC1(c2cc(/C=C(\F)c3ccc(Br)cn3)ccc2F)N=C(N)SC2(C(=O)O)CC21. The first kappa shape index (κ1) is 20.0. The summed E-state index contributed by atoms with van der Waals surface area (Å²) in [4.78, 5) is 20.2. The number of hydrogen-bond acceptors (Lipinski definition) is 5. The Morgan fingerprint density at radius 1 is 1.41 bits per heavy atom. The number of carbonyl (C=O) groups is 1. The number of pyridine rings is 1. The van der Waals surface area contributed by atoms with Gasteiger partial charge in [0.1, 0.15) is 16.4 Å². The fourth-order valence-corrected chi connectivity index (χ4v) is 5.36. The van der Waals surface area contributed by atoms with Crippen LogP contribution >= 0.6 is 27.7 Å². The number of rotatable bonds is 4. The minimum Gasteiger partial charge on any atom is -0.480 e. The number of carboxylic acids is 1. The van der Waals surface area contributed by atoms with Gasteiger partial charge in [0, 0.05) is 22.2 Å². The molecule has 0 radical (unpaired) electrons. The van der Waals surface area contributed by atoms with E-state index in [-0.39, 0.29) is 16.4 Å². The van der Waals surface area contributed by atoms with Gasteiger partial charge in [-0.3, -0.25) is 14.8 Å². The molecule has 2 aliphatic rings. The number of nitrogens with zero attached hydrogens (tertiary/aromatic N) is 2. The van der Waals surface area contributed by atoms with Crippen molar-refractivity contribution < 1.29 is 18.7 Å². The summed E-state index contributed by atoms with van der Waals surface area (Å²) < 4.78 is 29.0. The Labute approximate surface area is 178 Å². The van der Waals surface area contributed by atoms with Crippen LogP contribution in [0.5, 0.6) is 0 Å². The quantitative estimate of drug-likeness (QED) is 0.670. The van der Waals surface area contributed by atoms with Gasteiger partial charge in [-0.05, 0) is 65.2 Å². The first-order valence-corrected chi connectivity index (χ1v) is 10.3. The number of aliphatic imine (C=N–C) groups is 1. The van der Waals surface area contributed by atoms with E-state index >= 15 is 0 Å². The monoisotopic (exact) mass is 479 g/mol. The zero-order valence-corrected chi connectivity index (χ0v) is 17.6. The predicted octanol–water partition coefficient (Wildman–Crippen LogP) is 4.57. The van der Waals surface area contributed by atoms with Gasteiger partial charge < -0.3 is 10.8 Å². The van der Waals surface area contributed by atoms with Crippen molar-refractivity contribution in [3.8, 4) is 0 Å². The van der Waals surface area contributed by atoms with Gasteiger partial charge in [-0.25, -0.2) is 8.78 Å². The van der Waals surface area contributed by atoms with Crippen molar-refractivity contribution in [2.45, 2.75) is 23.6 Å². The summed E-state index contributed by atoms with van der Waals surface area (Å²) in [6.07, 6.45) is 3.07. The molecule has 0 saturated heterocycles. The van der Waals surface area contributed by atoms with Gasteiger partial charge >= 0.3 is 5.97 Å². The first-order chi connectivity index (χ1) is 13.7. The van der Waals surface area contributed by atoms with E-state index in [1.165, 1.54) is 36.5 Å². The van der Waals surface area contributed by atoms with Gasteiger partial charge in [0.2, 0.25) is 0 Å². The van der Waals surface area contributed by atoms with Crippen LogP contribution in [0.25, 0.3) is 11.9 Å². The molecule has 150 valence electrons. The fourth-order valence-electron chi connectivity index (χ4n) is 3.81. The smallest absolute Gasteiger partial charge is 0.320 e. The van der Waals surface area contributed by atoms with Crippen molar-refractivity contribution in [1.82, 2.24) is 4.98 Å². The second kappa shape index (κ2) is 6.91. The molecule has 1 saturated carbocycles. The number of thioether (sulfide) groups is 1. The summed E-state index contributed by atoms with van der Waals surface area (Å²) in [6.45, 7) is 1.67. The van der Waals surface area contributed by atoms with Crippen LogP contribution in [0.15, 0.2) is 46.0 Å². The second-order valence-corrected chi connectivity index (χ2v) is 9.51. The van der Waals surface area contributed by atoms with E-state index in [2.05, 4.69) is 25.9 Å². The van der Waals surface area contributed by atoms with E-state index in [9.17, 15) is 18.7 Å². The molecule has 2 aromatic rings. The molecule has 2 heterocycles. The first-order valence-electron chi connectivity index (χ1n) is 8.72. The Morgan fingerprint density at radius 2 is 2.17 bits per heavy atom. The number of carboxylic acid groups (broad SMARTS) is 1. The second-order valence-electron chi connectivity index (χ2n) is 7.24. The van der Waals surface area contributed by atoms with Crippen LogP contribution in [0.3, 0.4) is 0 Å². The lowest BCUT2D eigenvalue weighted by atomic mass is 9.85. The van der Waals surface area contributed by atoms with Crippen LogP contribution in [-0.4, -0.2) is 26.0 Å². The highest BCUT2D eigenvalue weighted by molar-refractivity contribution is 9.10. The summed E-state index contributed by atoms with van der Waals surface area (Å²) in [5, 5.41) is 9.74. The van der Waals surface area contributed by atoms with E-state index in [4.69, 9.17) is 5.73 Å². The lowest BCUT2D eigenvalue weighted by molar-refractivity contribution is -0.137. The van der Waals surface area contributed by atoms with E-state index in [0.29, 0.717) is 12.0 Å². The Bertz CT molecular complexity index is 1080. The van der Waals surface area contributed by atoms with Crippen LogP contribution < -0.4 is 5.73 Å². The molecule has 1 aliphatic heterocycles. The zero-order chi connectivity index (χ0) is 21.0. The molecule has 1 fully saturated rings.